The monoisotopic (exact) mass is 184 g/mol. The van der Waals surface area contributed by atoms with E-state index in [9.17, 15) is 0 Å². The van der Waals surface area contributed by atoms with Crippen molar-refractivity contribution in [2.45, 2.75) is 60.8 Å². The number of hydrogen-bond donors (Lipinski definition) is 0. The number of allylic oxidation sites excluding steroid dienone is 2. The van der Waals surface area contributed by atoms with E-state index in [4.69, 9.17) is 0 Å². The van der Waals surface area contributed by atoms with Gasteiger partial charge in [0.15, 0.2) is 0 Å². The first-order valence-corrected chi connectivity index (χ1v) is 6.13. The Kier molecular flexibility index (Phi) is 13.7. The Morgan fingerprint density at radius 3 is 1.08 bits per heavy atom. The predicted molar refractivity (Wildman–Crippen MR) is 64.0 cm³/mol. The van der Waals surface area contributed by atoms with Crippen molar-refractivity contribution in [3.8, 4) is 0 Å². The van der Waals surface area contributed by atoms with Gasteiger partial charge in [0.25, 0.3) is 0 Å². The topological polar surface area (TPSA) is 0 Å². The van der Waals surface area contributed by atoms with Gasteiger partial charge in [0.1, 0.15) is 0 Å². The molecule has 0 aromatic heterocycles. The Morgan fingerprint density at radius 1 is 0.692 bits per heavy atom. The van der Waals surface area contributed by atoms with E-state index >= 15 is 0 Å². The van der Waals surface area contributed by atoms with Crippen molar-refractivity contribution < 1.29 is 0 Å². The van der Waals surface area contributed by atoms with Gasteiger partial charge in [-0.05, 0) is 31.1 Å². The van der Waals surface area contributed by atoms with Crippen LogP contribution in [-0.4, -0.2) is 0 Å². The van der Waals surface area contributed by atoms with Gasteiger partial charge in [0.2, 0.25) is 0 Å². The summed E-state index contributed by atoms with van der Waals surface area (Å²) in [6.45, 7) is 12.0. The second-order valence-electron chi connectivity index (χ2n) is 2.72. The molecule has 0 heterocycles. The van der Waals surface area contributed by atoms with Crippen LogP contribution in [-0.2, 0) is 0 Å². The molecule has 0 radical (unpaired) electrons. The molecule has 0 aliphatic heterocycles. The van der Waals surface area contributed by atoms with E-state index in [1.54, 1.807) is 0 Å². The minimum absolute atomic E-state index is 0.991. The molecule has 0 heteroatoms. The summed E-state index contributed by atoms with van der Waals surface area (Å²) in [5.74, 6) is 1.98. The van der Waals surface area contributed by atoms with Gasteiger partial charge < -0.3 is 0 Å². The highest BCUT2D eigenvalue weighted by Crippen LogP contribution is 2.38. The summed E-state index contributed by atoms with van der Waals surface area (Å²) in [5, 5.41) is 0. The fourth-order valence-corrected chi connectivity index (χ4v) is 1.72. The van der Waals surface area contributed by atoms with Crippen LogP contribution in [0.3, 0.4) is 0 Å². The zero-order chi connectivity index (χ0) is 10.7. The molecular weight excluding hydrogens is 156 g/mol. The van der Waals surface area contributed by atoms with Crippen LogP contribution < -0.4 is 0 Å². The highest BCUT2D eigenvalue weighted by atomic mass is 14.3. The van der Waals surface area contributed by atoms with E-state index < -0.39 is 0 Å². The molecule has 2 aliphatic carbocycles. The molecule has 1 fully saturated rings. The molecular formula is C13H28. The van der Waals surface area contributed by atoms with Crippen LogP contribution in [0.15, 0.2) is 12.2 Å². The van der Waals surface area contributed by atoms with Crippen LogP contribution >= 0.6 is 0 Å². The average molecular weight is 184 g/mol. The van der Waals surface area contributed by atoms with Crippen LogP contribution in [0.2, 0.25) is 0 Å². The normalized spacial score (nSPS) is 26.0. The average Bonchev–Trinajstić information content (AvgIpc) is 2.90. The molecule has 0 saturated heterocycles. The Balaban J connectivity index is 0. The highest BCUT2D eigenvalue weighted by molar-refractivity contribution is 5.06. The number of rotatable bonds is 0. The van der Waals surface area contributed by atoms with Crippen molar-refractivity contribution >= 4 is 0 Å². The van der Waals surface area contributed by atoms with Crippen LogP contribution in [0.5, 0.6) is 0 Å². The first kappa shape index (κ1) is 15.2. The lowest BCUT2D eigenvalue weighted by Crippen LogP contribution is -1.82. The quantitative estimate of drug-likeness (QED) is 0.462. The number of fused-ring (bicyclic) bond motifs is 2. The standard InChI is InChI=1S/C7H10.3C2H6/c1-2-7-4-3-6(1)5-7;3*1-2/h1-2,6-7H,3-5H2;3*1-2H3. The molecule has 1 saturated carbocycles. The van der Waals surface area contributed by atoms with Crippen molar-refractivity contribution in [3.05, 3.63) is 12.2 Å². The van der Waals surface area contributed by atoms with Crippen molar-refractivity contribution in [2.75, 3.05) is 0 Å². The van der Waals surface area contributed by atoms with E-state index in [0.717, 1.165) is 11.8 Å². The lowest BCUT2D eigenvalue weighted by Gasteiger charge is -1.96. The summed E-state index contributed by atoms with van der Waals surface area (Å²) < 4.78 is 0. The van der Waals surface area contributed by atoms with E-state index in [1.807, 2.05) is 41.5 Å². The fourth-order valence-electron chi connectivity index (χ4n) is 1.72. The van der Waals surface area contributed by atoms with E-state index in [0.29, 0.717) is 0 Å². The molecule has 0 amide bonds. The maximum Gasteiger partial charge on any atom is -0.0228 e. The fraction of sp³-hybridized carbons (Fsp3) is 0.846. The van der Waals surface area contributed by atoms with Gasteiger partial charge in [0.05, 0.1) is 0 Å². The van der Waals surface area contributed by atoms with Gasteiger partial charge in [0, 0.05) is 0 Å². The lowest BCUT2D eigenvalue weighted by molar-refractivity contribution is 0.691. The molecule has 13 heavy (non-hydrogen) atoms. The van der Waals surface area contributed by atoms with Crippen molar-refractivity contribution in [3.63, 3.8) is 0 Å². The summed E-state index contributed by atoms with van der Waals surface area (Å²) in [6.07, 6.45) is 9.19. The summed E-state index contributed by atoms with van der Waals surface area (Å²) in [7, 11) is 0. The Morgan fingerprint density at radius 2 is 1.00 bits per heavy atom. The molecule has 0 N–H and O–H groups in total. The Bertz CT molecular complexity index is 90.6. The minimum atomic E-state index is 0.991. The molecule has 0 aromatic carbocycles. The van der Waals surface area contributed by atoms with Crippen LogP contribution in [0, 0.1) is 11.8 Å². The van der Waals surface area contributed by atoms with Crippen LogP contribution in [0.4, 0.5) is 0 Å². The Labute approximate surface area is 85.4 Å². The van der Waals surface area contributed by atoms with Crippen molar-refractivity contribution in [1.29, 1.82) is 0 Å². The molecule has 2 bridgehead atoms. The van der Waals surface area contributed by atoms with Gasteiger partial charge in [-0.2, -0.15) is 0 Å². The maximum absolute atomic E-state index is 2.38. The molecule has 0 aromatic rings. The Hall–Kier alpha value is -0.260. The predicted octanol–water partition coefficient (Wildman–Crippen LogP) is 5.05. The summed E-state index contributed by atoms with van der Waals surface area (Å²) >= 11 is 0. The second kappa shape index (κ2) is 11.7. The van der Waals surface area contributed by atoms with Crippen LogP contribution in [0.1, 0.15) is 60.8 Å². The first-order chi connectivity index (χ1) is 6.45. The summed E-state index contributed by atoms with van der Waals surface area (Å²) in [4.78, 5) is 0. The van der Waals surface area contributed by atoms with E-state index in [2.05, 4.69) is 12.2 Å². The van der Waals surface area contributed by atoms with Gasteiger partial charge in [-0.15, -0.1) is 0 Å². The van der Waals surface area contributed by atoms with E-state index in [-0.39, 0.29) is 0 Å². The largest absolute Gasteiger partial charge is 0.0851 e. The van der Waals surface area contributed by atoms with Gasteiger partial charge in [-0.25, -0.2) is 0 Å². The summed E-state index contributed by atoms with van der Waals surface area (Å²) in [5.41, 5.74) is 0. The smallest absolute Gasteiger partial charge is 0.0228 e. The zero-order valence-corrected chi connectivity index (χ0v) is 10.4. The zero-order valence-electron chi connectivity index (χ0n) is 10.4. The third kappa shape index (κ3) is 5.90. The molecule has 2 unspecified atom stereocenters. The molecule has 0 spiro atoms. The SMILES string of the molecule is C1=CC2CCC1C2.CC.CC.CC. The summed E-state index contributed by atoms with van der Waals surface area (Å²) in [6, 6.07) is 0. The highest BCUT2D eigenvalue weighted by Gasteiger charge is 2.25. The molecule has 2 aliphatic rings. The first-order valence-electron chi connectivity index (χ1n) is 6.13. The van der Waals surface area contributed by atoms with Gasteiger partial charge in [-0.3, -0.25) is 0 Å². The van der Waals surface area contributed by atoms with Crippen LogP contribution in [0.25, 0.3) is 0 Å². The molecule has 2 atom stereocenters. The molecule has 0 nitrogen and oxygen atoms in total. The van der Waals surface area contributed by atoms with E-state index in [1.165, 1.54) is 19.3 Å². The van der Waals surface area contributed by atoms with Crippen molar-refractivity contribution in [1.82, 2.24) is 0 Å². The minimum Gasteiger partial charge on any atom is -0.0851 e. The third-order valence-corrected chi connectivity index (χ3v) is 2.17. The van der Waals surface area contributed by atoms with Gasteiger partial charge in [-0.1, -0.05) is 53.7 Å². The number of hydrogen-bond acceptors (Lipinski definition) is 0. The van der Waals surface area contributed by atoms with Gasteiger partial charge >= 0.3 is 0 Å². The maximum atomic E-state index is 2.38. The second-order valence-corrected chi connectivity index (χ2v) is 2.72. The van der Waals surface area contributed by atoms with Crippen molar-refractivity contribution in [2.24, 2.45) is 11.8 Å². The molecule has 80 valence electrons. The molecule has 2 rings (SSSR count). The lowest BCUT2D eigenvalue weighted by atomic mass is 10.1. The third-order valence-electron chi connectivity index (χ3n) is 2.17.